The molecule has 114 valence electrons. The first-order valence-corrected chi connectivity index (χ1v) is 8.18. The molecule has 2 aliphatic rings. The second-order valence-corrected chi connectivity index (χ2v) is 6.35. The molecule has 21 heavy (non-hydrogen) atoms. The molecule has 2 heterocycles. The summed E-state index contributed by atoms with van der Waals surface area (Å²) < 4.78 is 0. The lowest BCUT2D eigenvalue weighted by atomic mass is 9.94. The molecule has 0 saturated carbocycles. The molecule has 1 aromatic rings. The summed E-state index contributed by atoms with van der Waals surface area (Å²) in [4.78, 5) is 2.38. The van der Waals surface area contributed by atoms with Crippen LogP contribution in [0.15, 0.2) is 23.5 Å². The van der Waals surface area contributed by atoms with Crippen molar-refractivity contribution in [2.24, 2.45) is 0 Å². The Morgan fingerprint density at radius 1 is 1.10 bits per heavy atom. The van der Waals surface area contributed by atoms with Gasteiger partial charge in [0.25, 0.3) is 0 Å². The molecule has 0 fully saturated rings. The third-order valence-corrected chi connectivity index (χ3v) is 4.84. The van der Waals surface area contributed by atoms with Crippen LogP contribution in [0.5, 0.6) is 0 Å². The molecule has 0 amide bonds. The van der Waals surface area contributed by atoms with Crippen LogP contribution in [0.3, 0.4) is 0 Å². The molecule has 0 aromatic heterocycles. The van der Waals surface area contributed by atoms with Crippen molar-refractivity contribution in [1.82, 2.24) is 15.5 Å². The second kappa shape index (κ2) is 5.72. The van der Waals surface area contributed by atoms with Crippen LogP contribution in [-0.4, -0.2) is 25.0 Å². The molecule has 2 N–H and O–H groups in total. The molecule has 0 radical (unpaired) electrons. The molecular weight excluding hydrogens is 258 g/mol. The highest BCUT2D eigenvalue weighted by Gasteiger charge is 2.28. The zero-order valence-corrected chi connectivity index (χ0v) is 13.7. The van der Waals surface area contributed by atoms with Crippen molar-refractivity contribution in [2.45, 2.75) is 46.2 Å². The van der Waals surface area contributed by atoms with Crippen LogP contribution in [0.4, 0.5) is 0 Å². The van der Waals surface area contributed by atoms with Crippen LogP contribution < -0.4 is 10.6 Å². The summed E-state index contributed by atoms with van der Waals surface area (Å²) in [6.45, 7) is 8.91. The van der Waals surface area contributed by atoms with Gasteiger partial charge in [-0.25, -0.2) is 0 Å². The van der Waals surface area contributed by atoms with Gasteiger partial charge in [0.05, 0.1) is 0 Å². The Kier molecular flexibility index (Phi) is 3.94. The highest BCUT2D eigenvalue weighted by molar-refractivity contribution is 5.42. The van der Waals surface area contributed by atoms with E-state index in [1.165, 1.54) is 33.6 Å². The quantitative estimate of drug-likeness (QED) is 0.894. The fourth-order valence-electron chi connectivity index (χ4n) is 3.52. The van der Waals surface area contributed by atoms with E-state index < -0.39 is 0 Å². The Balaban J connectivity index is 1.89. The number of rotatable bonds is 3. The van der Waals surface area contributed by atoms with Crippen LogP contribution in [0.25, 0.3) is 0 Å². The van der Waals surface area contributed by atoms with Crippen molar-refractivity contribution in [2.75, 3.05) is 20.1 Å². The second-order valence-electron chi connectivity index (χ2n) is 6.35. The van der Waals surface area contributed by atoms with E-state index >= 15 is 0 Å². The summed E-state index contributed by atoms with van der Waals surface area (Å²) in [6.07, 6.45) is 3.57. The van der Waals surface area contributed by atoms with E-state index in [-0.39, 0.29) is 6.17 Å². The smallest absolute Gasteiger partial charge is 0.123 e. The van der Waals surface area contributed by atoms with E-state index in [4.69, 9.17) is 0 Å². The summed E-state index contributed by atoms with van der Waals surface area (Å²) >= 11 is 0. The Bertz CT molecular complexity index is 574. The Labute approximate surface area is 128 Å². The SMILES string of the molecule is CCc1cc(C2NC3=C(CN(C)CC3)N2)c(CC)cc1C. The van der Waals surface area contributed by atoms with E-state index in [0.29, 0.717) is 0 Å². The Hall–Kier alpha value is -1.48. The van der Waals surface area contributed by atoms with Crippen LogP contribution in [0.1, 0.15) is 48.7 Å². The molecule has 0 aliphatic carbocycles. The van der Waals surface area contributed by atoms with E-state index in [9.17, 15) is 0 Å². The van der Waals surface area contributed by atoms with Gasteiger partial charge in [0, 0.05) is 30.9 Å². The first-order chi connectivity index (χ1) is 10.1. The molecule has 0 bridgehead atoms. The largest absolute Gasteiger partial charge is 0.364 e. The minimum absolute atomic E-state index is 0.252. The van der Waals surface area contributed by atoms with Crippen molar-refractivity contribution < 1.29 is 0 Å². The van der Waals surface area contributed by atoms with Gasteiger partial charge in [0.1, 0.15) is 6.17 Å². The molecule has 3 rings (SSSR count). The molecule has 1 unspecified atom stereocenters. The lowest BCUT2D eigenvalue weighted by Crippen LogP contribution is -2.30. The predicted molar refractivity (Wildman–Crippen MR) is 88.1 cm³/mol. The zero-order chi connectivity index (χ0) is 15.0. The molecule has 0 spiro atoms. The summed E-state index contributed by atoms with van der Waals surface area (Å²) in [7, 11) is 2.19. The van der Waals surface area contributed by atoms with Gasteiger partial charge in [-0.1, -0.05) is 26.0 Å². The first-order valence-electron chi connectivity index (χ1n) is 8.18. The van der Waals surface area contributed by atoms with Crippen molar-refractivity contribution in [3.05, 3.63) is 45.8 Å². The average molecular weight is 285 g/mol. The van der Waals surface area contributed by atoms with Gasteiger partial charge in [-0.05, 0) is 49.1 Å². The van der Waals surface area contributed by atoms with Gasteiger partial charge >= 0.3 is 0 Å². The predicted octanol–water partition coefficient (Wildman–Crippen LogP) is 2.86. The third kappa shape index (κ3) is 2.67. The summed E-state index contributed by atoms with van der Waals surface area (Å²) in [5, 5.41) is 7.43. The van der Waals surface area contributed by atoms with Crippen LogP contribution in [0.2, 0.25) is 0 Å². The molecule has 3 nitrogen and oxygen atoms in total. The highest BCUT2D eigenvalue weighted by Crippen LogP contribution is 2.29. The van der Waals surface area contributed by atoms with Gasteiger partial charge in [0.15, 0.2) is 0 Å². The van der Waals surface area contributed by atoms with Gasteiger partial charge < -0.3 is 15.5 Å². The normalized spacial score (nSPS) is 22.0. The summed E-state index contributed by atoms with van der Waals surface area (Å²) in [5.41, 5.74) is 8.58. The van der Waals surface area contributed by atoms with E-state index in [0.717, 1.165) is 32.4 Å². The van der Waals surface area contributed by atoms with Crippen molar-refractivity contribution in [1.29, 1.82) is 0 Å². The zero-order valence-electron chi connectivity index (χ0n) is 13.7. The van der Waals surface area contributed by atoms with Crippen LogP contribution in [0, 0.1) is 6.92 Å². The Morgan fingerprint density at radius 2 is 1.81 bits per heavy atom. The van der Waals surface area contributed by atoms with Gasteiger partial charge in [-0.15, -0.1) is 0 Å². The van der Waals surface area contributed by atoms with E-state index in [1.807, 2.05) is 0 Å². The standard InChI is InChI=1S/C18H27N3/c1-5-13-10-15(14(6-2)9-12(13)3)18-19-16-7-8-21(4)11-17(16)20-18/h9-10,18-20H,5-8,11H2,1-4H3. The minimum atomic E-state index is 0.252. The Morgan fingerprint density at radius 3 is 2.52 bits per heavy atom. The molecule has 3 heteroatoms. The maximum atomic E-state index is 3.72. The van der Waals surface area contributed by atoms with E-state index in [1.54, 1.807) is 0 Å². The number of benzene rings is 1. The van der Waals surface area contributed by atoms with E-state index in [2.05, 4.69) is 55.5 Å². The number of nitrogens with zero attached hydrogens (tertiary/aromatic N) is 1. The third-order valence-electron chi connectivity index (χ3n) is 4.84. The van der Waals surface area contributed by atoms with Gasteiger partial charge in [-0.2, -0.15) is 0 Å². The van der Waals surface area contributed by atoms with Crippen molar-refractivity contribution in [3.63, 3.8) is 0 Å². The number of likely N-dealkylation sites (N-methyl/N-ethyl adjacent to an activating group) is 1. The van der Waals surface area contributed by atoms with Crippen molar-refractivity contribution in [3.8, 4) is 0 Å². The summed E-state index contributed by atoms with van der Waals surface area (Å²) in [5.74, 6) is 0. The lowest BCUT2D eigenvalue weighted by Gasteiger charge is -2.22. The maximum absolute atomic E-state index is 3.72. The minimum Gasteiger partial charge on any atom is -0.364 e. The summed E-state index contributed by atoms with van der Waals surface area (Å²) in [6, 6.07) is 4.78. The lowest BCUT2D eigenvalue weighted by molar-refractivity contribution is 0.343. The maximum Gasteiger partial charge on any atom is 0.123 e. The van der Waals surface area contributed by atoms with Crippen molar-refractivity contribution >= 4 is 0 Å². The number of hydrogen-bond acceptors (Lipinski definition) is 3. The van der Waals surface area contributed by atoms with Crippen LogP contribution in [-0.2, 0) is 12.8 Å². The molecule has 2 aliphatic heterocycles. The van der Waals surface area contributed by atoms with Gasteiger partial charge in [-0.3, -0.25) is 0 Å². The van der Waals surface area contributed by atoms with Crippen LogP contribution >= 0.6 is 0 Å². The first kappa shape index (κ1) is 14.5. The monoisotopic (exact) mass is 285 g/mol. The fourth-order valence-corrected chi connectivity index (χ4v) is 3.52. The molecule has 1 aromatic carbocycles. The molecule has 0 saturated heterocycles. The number of aryl methyl sites for hydroxylation is 3. The highest BCUT2D eigenvalue weighted by atomic mass is 15.2. The number of nitrogens with one attached hydrogen (secondary N) is 2. The number of hydrogen-bond donors (Lipinski definition) is 2. The molecule has 1 atom stereocenters. The fraction of sp³-hybridized carbons (Fsp3) is 0.556. The average Bonchev–Trinajstić information content (AvgIpc) is 2.89. The van der Waals surface area contributed by atoms with Gasteiger partial charge in [0.2, 0.25) is 0 Å². The topological polar surface area (TPSA) is 27.3 Å². The molecular formula is C18H27N3.